The number of halogens is 3. The summed E-state index contributed by atoms with van der Waals surface area (Å²) < 4.78 is 41.1. The Kier molecular flexibility index (Phi) is 6.91. The Morgan fingerprint density at radius 2 is 1.75 bits per heavy atom. The monoisotopic (exact) mass is 499 g/mol. The maximum Gasteiger partial charge on any atom is 0.416 e. The van der Waals surface area contributed by atoms with Crippen LogP contribution in [-0.4, -0.2) is 44.4 Å². The van der Waals surface area contributed by atoms with Gasteiger partial charge in [-0.15, -0.1) is 0 Å². The lowest BCUT2D eigenvalue weighted by Crippen LogP contribution is -2.49. The Morgan fingerprint density at radius 1 is 1.06 bits per heavy atom. The van der Waals surface area contributed by atoms with Crippen LogP contribution < -0.4 is 10.6 Å². The standard InChI is InChI=1S/C25H24F3N5O3/c1-14-10-17(25(26,27)28)13-21(29-14)33-20(11-15(2)32-33)23(35)31-19(12-16-6-4-3-5-7-16)22(34)24(36)30-18-8-9-18/h3-7,10-11,13,18-19H,8-9,12H2,1-2H3,(H,30,36)(H,31,35)/t19-/m0/s1. The van der Waals surface area contributed by atoms with Crippen LogP contribution in [0.2, 0.25) is 0 Å². The zero-order chi connectivity index (χ0) is 26.0. The second-order valence-corrected chi connectivity index (χ2v) is 8.76. The van der Waals surface area contributed by atoms with Gasteiger partial charge in [-0.3, -0.25) is 14.4 Å². The minimum Gasteiger partial charge on any atom is -0.347 e. The number of carbonyl (C=O) groups is 3. The van der Waals surface area contributed by atoms with Crippen LogP contribution in [0.4, 0.5) is 13.2 Å². The summed E-state index contributed by atoms with van der Waals surface area (Å²) in [6.45, 7) is 2.98. The highest BCUT2D eigenvalue weighted by molar-refractivity contribution is 6.38. The average Bonchev–Trinajstić information content (AvgIpc) is 3.55. The second-order valence-electron chi connectivity index (χ2n) is 8.76. The van der Waals surface area contributed by atoms with E-state index in [1.165, 1.54) is 13.0 Å². The molecule has 0 unspecified atom stereocenters. The molecular weight excluding hydrogens is 475 g/mol. The average molecular weight is 499 g/mol. The molecule has 2 N–H and O–H groups in total. The minimum absolute atomic E-state index is 0.0474. The van der Waals surface area contributed by atoms with Crippen molar-refractivity contribution in [3.8, 4) is 5.82 Å². The van der Waals surface area contributed by atoms with Crippen LogP contribution in [0.25, 0.3) is 5.82 Å². The quantitative estimate of drug-likeness (QED) is 0.464. The van der Waals surface area contributed by atoms with Crippen LogP contribution in [0, 0.1) is 13.8 Å². The van der Waals surface area contributed by atoms with Crippen molar-refractivity contribution in [1.82, 2.24) is 25.4 Å². The molecule has 1 aliphatic carbocycles. The third-order valence-electron chi connectivity index (χ3n) is 5.59. The molecule has 1 aromatic carbocycles. The molecule has 188 valence electrons. The normalized spacial score (nSPS) is 14.2. The number of amides is 2. The zero-order valence-corrected chi connectivity index (χ0v) is 19.6. The van der Waals surface area contributed by atoms with Gasteiger partial charge < -0.3 is 10.6 Å². The number of benzene rings is 1. The van der Waals surface area contributed by atoms with Crippen molar-refractivity contribution in [3.05, 3.63) is 76.7 Å². The molecule has 2 aromatic heterocycles. The lowest BCUT2D eigenvalue weighted by molar-refractivity contribution is -0.139. The van der Waals surface area contributed by atoms with Crippen LogP contribution in [0.1, 0.15) is 45.8 Å². The number of aryl methyl sites for hydroxylation is 2. The van der Waals surface area contributed by atoms with Crippen molar-refractivity contribution in [2.24, 2.45) is 0 Å². The first-order valence-electron chi connectivity index (χ1n) is 11.3. The van der Waals surface area contributed by atoms with Crippen molar-refractivity contribution in [2.75, 3.05) is 0 Å². The Labute approximate surface area is 204 Å². The number of hydrogen-bond donors (Lipinski definition) is 2. The van der Waals surface area contributed by atoms with Gasteiger partial charge in [0, 0.05) is 18.2 Å². The molecule has 0 bridgehead atoms. The number of hydrogen-bond acceptors (Lipinski definition) is 5. The number of rotatable bonds is 8. The van der Waals surface area contributed by atoms with Gasteiger partial charge in [0.05, 0.1) is 11.3 Å². The van der Waals surface area contributed by atoms with Crippen molar-refractivity contribution < 1.29 is 27.6 Å². The van der Waals surface area contributed by atoms with Gasteiger partial charge in [0.2, 0.25) is 5.78 Å². The first-order chi connectivity index (χ1) is 17.0. The fourth-order valence-electron chi connectivity index (χ4n) is 3.69. The van der Waals surface area contributed by atoms with Crippen LogP contribution >= 0.6 is 0 Å². The summed E-state index contributed by atoms with van der Waals surface area (Å²) in [7, 11) is 0. The van der Waals surface area contributed by atoms with Crippen LogP contribution in [0.5, 0.6) is 0 Å². The smallest absolute Gasteiger partial charge is 0.347 e. The molecule has 3 aromatic rings. The van der Waals surface area contributed by atoms with E-state index in [1.807, 2.05) is 0 Å². The van der Waals surface area contributed by atoms with Gasteiger partial charge in [-0.2, -0.15) is 18.3 Å². The summed E-state index contributed by atoms with van der Waals surface area (Å²) in [6.07, 6.45) is -2.99. The van der Waals surface area contributed by atoms with E-state index >= 15 is 0 Å². The zero-order valence-electron chi connectivity index (χ0n) is 19.6. The predicted molar refractivity (Wildman–Crippen MR) is 123 cm³/mol. The number of nitrogens with zero attached hydrogens (tertiary/aromatic N) is 3. The Bertz CT molecular complexity index is 1300. The van der Waals surface area contributed by atoms with Gasteiger partial charge in [0.25, 0.3) is 11.8 Å². The lowest BCUT2D eigenvalue weighted by atomic mass is 10.0. The van der Waals surface area contributed by atoms with Gasteiger partial charge in [-0.25, -0.2) is 9.67 Å². The molecule has 11 heteroatoms. The molecule has 0 radical (unpaired) electrons. The van der Waals surface area contributed by atoms with Gasteiger partial charge in [0.15, 0.2) is 5.82 Å². The third-order valence-corrected chi connectivity index (χ3v) is 5.59. The molecule has 36 heavy (non-hydrogen) atoms. The molecule has 2 amide bonds. The topological polar surface area (TPSA) is 106 Å². The van der Waals surface area contributed by atoms with Gasteiger partial charge in [-0.1, -0.05) is 30.3 Å². The predicted octanol–water partition coefficient (Wildman–Crippen LogP) is 3.09. The molecule has 2 heterocycles. The van der Waals surface area contributed by atoms with E-state index in [9.17, 15) is 27.6 Å². The fourth-order valence-corrected chi connectivity index (χ4v) is 3.69. The minimum atomic E-state index is -4.62. The molecule has 0 saturated heterocycles. The Hall–Kier alpha value is -4.02. The maximum atomic E-state index is 13.4. The molecule has 1 atom stereocenters. The molecule has 8 nitrogen and oxygen atoms in total. The van der Waals surface area contributed by atoms with E-state index in [4.69, 9.17) is 0 Å². The van der Waals surface area contributed by atoms with E-state index in [1.54, 1.807) is 37.3 Å². The van der Waals surface area contributed by atoms with E-state index < -0.39 is 35.4 Å². The third kappa shape index (κ3) is 5.96. The van der Waals surface area contributed by atoms with E-state index in [0.29, 0.717) is 5.69 Å². The largest absolute Gasteiger partial charge is 0.416 e. The highest BCUT2D eigenvalue weighted by atomic mass is 19.4. The highest BCUT2D eigenvalue weighted by Crippen LogP contribution is 2.30. The number of ketones is 1. The summed E-state index contributed by atoms with van der Waals surface area (Å²) >= 11 is 0. The summed E-state index contributed by atoms with van der Waals surface area (Å²) in [5.74, 6) is -2.58. The fraction of sp³-hybridized carbons (Fsp3) is 0.320. The molecule has 0 aliphatic heterocycles. The van der Waals surface area contributed by atoms with E-state index in [-0.39, 0.29) is 29.7 Å². The summed E-state index contributed by atoms with van der Waals surface area (Å²) in [5, 5.41) is 9.35. The summed E-state index contributed by atoms with van der Waals surface area (Å²) in [5.41, 5.74) is 0.114. The van der Waals surface area contributed by atoms with Crippen LogP contribution in [0.3, 0.4) is 0 Å². The maximum absolute atomic E-state index is 13.4. The van der Waals surface area contributed by atoms with Crippen molar-refractivity contribution >= 4 is 17.6 Å². The van der Waals surface area contributed by atoms with Crippen LogP contribution in [0.15, 0.2) is 48.5 Å². The second kappa shape index (κ2) is 9.92. The first kappa shape index (κ1) is 25.1. The number of alkyl halides is 3. The number of aromatic nitrogens is 3. The number of pyridine rings is 1. The van der Waals surface area contributed by atoms with Gasteiger partial charge in [0.1, 0.15) is 11.7 Å². The number of carbonyl (C=O) groups excluding carboxylic acids is 3. The highest BCUT2D eigenvalue weighted by Gasteiger charge is 2.34. The SMILES string of the molecule is Cc1cc(C(F)(F)F)cc(-n2nc(C)cc2C(=O)N[C@@H](Cc2ccccc2)C(=O)C(=O)NC2CC2)n1. The van der Waals surface area contributed by atoms with Gasteiger partial charge >= 0.3 is 6.18 Å². The molecule has 4 rings (SSSR count). The Morgan fingerprint density at radius 3 is 2.39 bits per heavy atom. The molecule has 0 spiro atoms. The number of Topliss-reactive ketones (excluding diaryl/α,β-unsaturated/α-hetero) is 1. The summed E-state index contributed by atoms with van der Waals surface area (Å²) in [6, 6.07) is 10.7. The molecular formula is C25H24F3N5O3. The van der Waals surface area contributed by atoms with Crippen molar-refractivity contribution in [1.29, 1.82) is 0 Å². The molecule has 1 fully saturated rings. The van der Waals surface area contributed by atoms with E-state index in [2.05, 4.69) is 20.7 Å². The first-order valence-corrected chi connectivity index (χ1v) is 11.3. The van der Waals surface area contributed by atoms with Gasteiger partial charge in [-0.05, 0) is 50.5 Å². The molecule has 1 aliphatic rings. The van der Waals surface area contributed by atoms with Crippen molar-refractivity contribution in [2.45, 2.75) is 51.4 Å². The Balaban J connectivity index is 1.64. The molecule has 1 saturated carbocycles. The van der Waals surface area contributed by atoms with E-state index in [0.717, 1.165) is 35.2 Å². The number of nitrogens with one attached hydrogen (secondary N) is 2. The van der Waals surface area contributed by atoms with Crippen molar-refractivity contribution in [3.63, 3.8) is 0 Å². The lowest BCUT2D eigenvalue weighted by Gasteiger charge is -2.18. The van der Waals surface area contributed by atoms with Crippen LogP contribution in [-0.2, 0) is 22.2 Å². The summed E-state index contributed by atoms with van der Waals surface area (Å²) in [4.78, 5) is 42.8.